The van der Waals surface area contributed by atoms with Crippen molar-refractivity contribution in [2.45, 2.75) is 39.0 Å². The highest BCUT2D eigenvalue weighted by Crippen LogP contribution is 2.32. The monoisotopic (exact) mass is 414 g/mol. The van der Waals surface area contributed by atoms with E-state index in [-0.39, 0.29) is 6.10 Å². The molecule has 0 aliphatic heterocycles. The van der Waals surface area contributed by atoms with E-state index in [0.29, 0.717) is 11.5 Å². The number of carbonyl (C=O) groups excluding carboxylic acids is 2. The van der Waals surface area contributed by atoms with Crippen molar-refractivity contribution in [2.75, 3.05) is 14.2 Å². The Morgan fingerprint density at radius 3 is 2.07 bits per heavy atom. The van der Waals surface area contributed by atoms with Gasteiger partial charge >= 0.3 is 0 Å². The average Bonchev–Trinajstić information content (AvgIpc) is 2.75. The number of carbonyl (C=O) groups is 2. The summed E-state index contributed by atoms with van der Waals surface area (Å²) in [6.45, 7) is 5.19. The molecule has 2 aromatic carbocycles. The van der Waals surface area contributed by atoms with E-state index in [1.807, 2.05) is 42.5 Å². The summed E-state index contributed by atoms with van der Waals surface area (Å²) in [5, 5.41) is 3.01. The number of rotatable bonds is 10. The minimum atomic E-state index is -1.01. The molecule has 0 aliphatic carbocycles. The molecule has 162 valence electrons. The molecule has 2 rings (SSSR count). The maximum Gasteiger partial charge on any atom is 0.250 e. The number of hydrogen-bond acceptors (Lipinski definition) is 5. The molecule has 3 N–H and O–H groups in total. The summed E-state index contributed by atoms with van der Waals surface area (Å²) in [5.74, 6) is -0.667. The van der Waals surface area contributed by atoms with Crippen molar-refractivity contribution in [1.82, 2.24) is 5.32 Å². The quantitative estimate of drug-likeness (QED) is 0.623. The van der Waals surface area contributed by atoms with E-state index in [2.05, 4.69) is 5.32 Å². The largest absolute Gasteiger partial charge is 0.493 e. The van der Waals surface area contributed by atoms with Gasteiger partial charge in [-0.1, -0.05) is 43.3 Å². The van der Waals surface area contributed by atoms with Crippen LogP contribution in [0, 0.1) is 5.92 Å². The summed E-state index contributed by atoms with van der Waals surface area (Å²) in [5.41, 5.74) is 7.11. The first kappa shape index (κ1) is 23.2. The Hall–Kier alpha value is -3.06. The Morgan fingerprint density at radius 2 is 1.53 bits per heavy atom. The molecule has 0 spiro atoms. The lowest BCUT2D eigenvalue weighted by Crippen LogP contribution is -2.47. The van der Waals surface area contributed by atoms with Gasteiger partial charge in [-0.05, 0) is 37.1 Å². The summed E-state index contributed by atoms with van der Waals surface area (Å²) in [4.78, 5) is 24.9. The molecule has 0 saturated carbocycles. The highest BCUT2D eigenvalue weighted by Gasteiger charge is 2.32. The predicted molar refractivity (Wildman–Crippen MR) is 114 cm³/mol. The van der Waals surface area contributed by atoms with Crippen LogP contribution in [0.25, 0.3) is 0 Å². The molecule has 2 amide bonds. The Bertz CT molecular complexity index is 854. The number of nitrogens with two attached hydrogens (primary N) is 1. The van der Waals surface area contributed by atoms with Crippen molar-refractivity contribution < 1.29 is 23.8 Å². The highest BCUT2D eigenvalue weighted by atomic mass is 16.5. The first-order valence-electron chi connectivity index (χ1n) is 9.80. The zero-order valence-corrected chi connectivity index (χ0v) is 18.0. The van der Waals surface area contributed by atoms with Crippen molar-refractivity contribution in [3.05, 3.63) is 59.7 Å². The van der Waals surface area contributed by atoms with Gasteiger partial charge in [0.15, 0.2) is 11.5 Å². The Morgan fingerprint density at radius 1 is 0.900 bits per heavy atom. The van der Waals surface area contributed by atoms with E-state index in [1.165, 1.54) is 0 Å². The number of ether oxygens (including phenoxy) is 3. The van der Waals surface area contributed by atoms with Crippen molar-refractivity contribution in [3.8, 4) is 11.5 Å². The van der Waals surface area contributed by atoms with Gasteiger partial charge in [0.05, 0.1) is 32.3 Å². The van der Waals surface area contributed by atoms with E-state index >= 15 is 0 Å². The maximum atomic E-state index is 13.2. The second kappa shape index (κ2) is 10.6. The van der Waals surface area contributed by atoms with Gasteiger partial charge in [0.1, 0.15) is 6.10 Å². The topological polar surface area (TPSA) is 99.9 Å². The average molecular weight is 415 g/mol. The van der Waals surface area contributed by atoms with Gasteiger partial charge in [0, 0.05) is 0 Å². The first-order chi connectivity index (χ1) is 14.3. The van der Waals surface area contributed by atoms with E-state index in [0.717, 1.165) is 11.1 Å². The molecule has 2 aromatic rings. The molecule has 0 saturated heterocycles. The van der Waals surface area contributed by atoms with Crippen LogP contribution in [0.5, 0.6) is 11.5 Å². The fourth-order valence-electron chi connectivity index (χ4n) is 3.11. The number of amides is 2. The van der Waals surface area contributed by atoms with E-state index in [9.17, 15) is 9.59 Å². The van der Waals surface area contributed by atoms with Gasteiger partial charge in [0.2, 0.25) is 5.91 Å². The zero-order chi connectivity index (χ0) is 22.3. The van der Waals surface area contributed by atoms with E-state index < -0.39 is 29.9 Å². The minimum Gasteiger partial charge on any atom is -0.493 e. The zero-order valence-electron chi connectivity index (χ0n) is 18.0. The Labute approximate surface area is 177 Å². The van der Waals surface area contributed by atoms with Gasteiger partial charge in [-0.3, -0.25) is 9.59 Å². The van der Waals surface area contributed by atoms with E-state index in [1.54, 1.807) is 41.1 Å². The standard InChI is InChI=1S/C23H30N2O5/c1-14(2)30-21(15(3)22(24)26)23(27)25-20(16-9-7-6-8-10-16)17-11-12-18(28-4)19(13-17)29-5/h6-15,20-21H,1-5H3,(H2,24,26)(H,25,27). The lowest BCUT2D eigenvalue weighted by molar-refractivity contribution is -0.145. The maximum absolute atomic E-state index is 13.2. The third-order valence-corrected chi connectivity index (χ3v) is 4.74. The molecule has 0 radical (unpaired) electrons. The van der Waals surface area contributed by atoms with Crippen molar-refractivity contribution >= 4 is 11.8 Å². The third-order valence-electron chi connectivity index (χ3n) is 4.74. The first-order valence-corrected chi connectivity index (χ1v) is 9.80. The molecule has 7 heteroatoms. The minimum absolute atomic E-state index is 0.251. The van der Waals surface area contributed by atoms with Gasteiger partial charge in [-0.2, -0.15) is 0 Å². The van der Waals surface area contributed by atoms with Crippen LogP contribution < -0.4 is 20.5 Å². The molecule has 0 aliphatic rings. The molecule has 0 fully saturated rings. The molecule has 0 bridgehead atoms. The molecular formula is C23H30N2O5. The van der Waals surface area contributed by atoms with Crippen molar-refractivity contribution in [2.24, 2.45) is 11.7 Å². The van der Waals surface area contributed by atoms with Crippen molar-refractivity contribution in [1.29, 1.82) is 0 Å². The molecule has 3 atom stereocenters. The van der Waals surface area contributed by atoms with Crippen molar-refractivity contribution in [3.63, 3.8) is 0 Å². The van der Waals surface area contributed by atoms with Crippen LogP contribution in [-0.4, -0.2) is 38.2 Å². The summed E-state index contributed by atoms with van der Waals surface area (Å²) in [6, 6.07) is 14.5. The number of hydrogen-bond donors (Lipinski definition) is 2. The number of primary amides is 1. The summed E-state index contributed by atoms with van der Waals surface area (Å²) >= 11 is 0. The smallest absolute Gasteiger partial charge is 0.250 e. The second-order valence-electron chi connectivity index (χ2n) is 7.26. The van der Waals surface area contributed by atoms with Crippen LogP contribution in [0.1, 0.15) is 37.9 Å². The van der Waals surface area contributed by atoms with Crippen LogP contribution >= 0.6 is 0 Å². The lowest BCUT2D eigenvalue weighted by atomic mass is 9.96. The lowest BCUT2D eigenvalue weighted by Gasteiger charge is -2.27. The summed E-state index contributed by atoms with van der Waals surface area (Å²) < 4.78 is 16.5. The van der Waals surface area contributed by atoms with Crippen LogP contribution in [0.2, 0.25) is 0 Å². The molecule has 7 nitrogen and oxygen atoms in total. The Balaban J connectivity index is 2.43. The Kier molecular flexibility index (Phi) is 8.24. The van der Waals surface area contributed by atoms with Crippen LogP contribution in [0.3, 0.4) is 0 Å². The van der Waals surface area contributed by atoms with Gasteiger partial charge in [-0.15, -0.1) is 0 Å². The number of benzene rings is 2. The van der Waals surface area contributed by atoms with Gasteiger partial charge in [-0.25, -0.2) is 0 Å². The van der Waals surface area contributed by atoms with Gasteiger partial charge < -0.3 is 25.3 Å². The van der Waals surface area contributed by atoms with Crippen LogP contribution in [-0.2, 0) is 14.3 Å². The molecule has 0 aromatic heterocycles. The van der Waals surface area contributed by atoms with E-state index in [4.69, 9.17) is 19.9 Å². The fraction of sp³-hybridized carbons (Fsp3) is 0.391. The molecule has 30 heavy (non-hydrogen) atoms. The summed E-state index contributed by atoms with van der Waals surface area (Å²) in [7, 11) is 3.12. The second-order valence-corrected chi connectivity index (χ2v) is 7.26. The molecule has 3 unspecified atom stereocenters. The molecular weight excluding hydrogens is 384 g/mol. The predicted octanol–water partition coefficient (Wildman–Crippen LogP) is 2.82. The highest BCUT2D eigenvalue weighted by molar-refractivity contribution is 5.89. The number of nitrogens with one attached hydrogen (secondary N) is 1. The normalized spacial score (nSPS) is 13.9. The third kappa shape index (κ3) is 5.73. The fourth-order valence-corrected chi connectivity index (χ4v) is 3.11. The molecule has 0 heterocycles. The SMILES string of the molecule is COc1ccc(C(NC(=O)C(OC(C)C)C(C)C(N)=O)c2ccccc2)cc1OC. The number of methoxy groups -OCH3 is 2. The van der Waals surface area contributed by atoms with Crippen LogP contribution in [0.15, 0.2) is 48.5 Å². The van der Waals surface area contributed by atoms with Gasteiger partial charge in [0.25, 0.3) is 5.91 Å². The van der Waals surface area contributed by atoms with Crippen LogP contribution in [0.4, 0.5) is 0 Å². The summed E-state index contributed by atoms with van der Waals surface area (Å²) in [6.07, 6.45) is -1.26.